The van der Waals surface area contributed by atoms with Gasteiger partial charge in [-0.2, -0.15) is 4.37 Å². The van der Waals surface area contributed by atoms with Crippen LogP contribution in [0.5, 0.6) is 0 Å². The van der Waals surface area contributed by atoms with Gasteiger partial charge in [0.1, 0.15) is 5.82 Å². The molecule has 1 aromatic heterocycles. The Morgan fingerprint density at radius 3 is 2.80 bits per heavy atom. The molecule has 0 aliphatic carbocycles. The lowest BCUT2D eigenvalue weighted by molar-refractivity contribution is 0.434. The van der Waals surface area contributed by atoms with Crippen molar-refractivity contribution in [1.29, 1.82) is 0 Å². The van der Waals surface area contributed by atoms with Crippen LogP contribution in [0.2, 0.25) is 0 Å². The molecule has 1 aromatic rings. The molecule has 0 aromatic carbocycles. The van der Waals surface area contributed by atoms with E-state index in [0.29, 0.717) is 6.04 Å². The van der Waals surface area contributed by atoms with E-state index < -0.39 is 0 Å². The summed E-state index contributed by atoms with van der Waals surface area (Å²) in [5, 5.41) is 4.67. The van der Waals surface area contributed by atoms with Crippen LogP contribution in [0.15, 0.2) is 0 Å². The van der Waals surface area contributed by atoms with Gasteiger partial charge in [0.05, 0.1) is 0 Å². The van der Waals surface area contributed by atoms with Crippen LogP contribution < -0.4 is 10.2 Å². The van der Waals surface area contributed by atoms with Crippen LogP contribution in [0.4, 0.5) is 5.13 Å². The topological polar surface area (TPSA) is 41.0 Å². The Morgan fingerprint density at radius 1 is 1.35 bits per heavy atom. The largest absolute Gasteiger partial charge is 0.343 e. The van der Waals surface area contributed by atoms with E-state index in [0.717, 1.165) is 30.6 Å². The normalized spacial score (nSPS) is 20.4. The molecule has 5 heteroatoms. The van der Waals surface area contributed by atoms with Crippen molar-refractivity contribution >= 4 is 16.7 Å². The van der Waals surface area contributed by atoms with Gasteiger partial charge in [0.25, 0.3) is 0 Å². The first-order valence-corrected chi connectivity index (χ1v) is 8.61. The molecule has 1 aliphatic heterocycles. The molecule has 0 radical (unpaired) electrons. The second-order valence-corrected chi connectivity index (χ2v) is 7.43. The minimum absolute atomic E-state index is 0.0422. The van der Waals surface area contributed by atoms with Crippen LogP contribution in [-0.4, -0.2) is 35.0 Å². The average molecular weight is 296 g/mol. The van der Waals surface area contributed by atoms with E-state index in [4.69, 9.17) is 4.98 Å². The standard InChI is InChI=1S/C15H28N4S/c1-5-9-16-11-12-8-6-7-10-19(12)14-17-13(18-20-14)15(2,3)4/h12,16H,5-11H2,1-4H3. The molecule has 2 rings (SSSR count). The minimum atomic E-state index is 0.0422. The highest BCUT2D eigenvalue weighted by Crippen LogP contribution is 2.29. The molecule has 114 valence electrons. The van der Waals surface area contributed by atoms with Crippen molar-refractivity contribution in [2.24, 2.45) is 0 Å². The van der Waals surface area contributed by atoms with Crippen molar-refractivity contribution < 1.29 is 0 Å². The second-order valence-electron chi connectivity index (χ2n) is 6.70. The van der Waals surface area contributed by atoms with Crippen LogP contribution in [0.1, 0.15) is 59.2 Å². The minimum Gasteiger partial charge on any atom is -0.343 e. The van der Waals surface area contributed by atoms with Gasteiger partial charge < -0.3 is 10.2 Å². The summed E-state index contributed by atoms with van der Waals surface area (Å²) in [7, 11) is 0. The molecule has 4 nitrogen and oxygen atoms in total. The van der Waals surface area contributed by atoms with Crippen molar-refractivity contribution in [1.82, 2.24) is 14.7 Å². The highest BCUT2D eigenvalue weighted by Gasteiger charge is 2.27. The molecule has 1 saturated heterocycles. The van der Waals surface area contributed by atoms with E-state index in [1.165, 1.54) is 25.7 Å². The van der Waals surface area contributed by atoms with Gasteiger partial charge in [0, 0.05) is 36.1 Å². The molecule has 20 heavy (non-hydrogen) atoms. The Hall–Kier alpha value is -0.680. The molecule has 0 spiro atoms. The van der Waals surface area contributed by atoms with Crippen molar-refractivity contribution in [3.63, 3.8) is 0 Å². The maximum Gasteiger partial charge on any atom is 0.205 e. The van der Waals surface area contributed by atoms with Crippen molar-refractivity contribution in [2.75, 3.05) is 24.5 Å². The Kier molecular flexibility index (Phi) is 5.38. The lowest BCUT2D eigenvalue weighted by atomic mass is 9.96. The fourth-order valence-corrected chi connectivity index (χ4v) is 3.50. The second kappa shape index (κ2) is 6.85. The van der Waals surface area contributed by atoms with Gasteiger partial charge in [0.2, 0.25) is 5.13 Å². The zero-order valence-electron chi connectivity index (χ0n) is 13.3. The van der Waals surface area contributed by atoms with Gasteiger partial charge >= 0.3 is 0 Å². The van der Waals surface area contributed by atoms with Gasteiger partial charge in [0.15, 0.2) is 0 Å². The lowest BCUT2D eigenvalue weighted by Crippen LogP contribution is -2.45. The fourth-order valence-electron chi connectivity index (χ4n) is 2.55. The van der Waals surface area contributed by atoms with Gasteiger partial charge in [-0.15, -0.1) is 0 Å². The highest BCUT2D eigenvalue weighted by atomic mass is 32.1. The summed E-state index contributed by atoms with van der Waals surface area (Å²) in [5.41, 5.74) is 0.0422. The molecule has 2 heterocycles. The van der Waals surface area contributed by atoms with Gasteiger partial charge in [-0.25, -0.2) is 4.98 Å². The number of hydrogen-bond acceptors (Lipinski definition) is 5. The molecule has 0 saturated carbocycles. The van der Waals surface area contributed by atoms with Crippen molar-refractivity contribution in [3.8, 4) is 0 Å². The van der Waals surface area contributed by atoms with Crippen LogP contribution in [-0.2, 0) is 5.41 Å². The Morgan fingerprint density at radius 2 is 2.15 bits per heavy atom. The first-order valence-electron chi connectivity index (χ1n) is 7.84. The molecule has 1 aliphatic rings. The predicted molar refractivity (Wildman–Crippen MR) is 86.8 cm³/mol. The zero-order valence-corrected chi connectivity index (χ0v) is 14.1. The van der Waals surface area contributed by atoms with Crippen molar-refractivity contribution in [3.05, 3.63) is 5.82 Å². The first-order chi connectivity index (χ1) is 9.52. The highest BCUT2D eigenvalue weighted by molar-refractivity contribution is 7.09. The molecule has 0 bridgehead atoms. The number of piperidine rings is 1. The van der Waals surface area contributed by atoms with Crippen LogP contribution >= 0.6 is 11.5 Å². The van der Waals surface area contributed by atoms with E-state index in [1.54, 1.807) is 11.5 Å². The quantitative estimate of drug-likeness (QED) is 0.847. The maximum atomic E-state index is 4.79. The van der Waals surface area contributed by atoms with Crippen LogP contribution in [0, 0.1) is 0 Å². The third-order valence-electron chi connectivity index (χ3n) is 3.77. The third-order valence-corrected chi connectivity index (χ3v) is 4.52. The molecule has 1 unspecified atom stereocenters. The fraction of sp³-hybridized carbons (Fsp3) is 0.867. The van der Waals surface area contributed by atoms with E-state index in [1.807, 2.05) is 0 Å². The summed E-state index contributed by atoms with van der Waals surface area (Å²) in [6.07, 6.45) is 5.06. The monoisotopic (exact) mass is 296 g/mol. The van der Waals surface area contributed by atoms with Gasteiger partial charge in [-0.1, -0.05) is 27.7 Å². The van der Waals surface area contributed by atoms with Gasteiger partial charge in [-0.3, -0.25) is 0 Å². The number of nitrogens with zero attached hydrogens (tertiary/aromatic N) is 3. The summed E-state index contributed by atoms with van der Waals surface area (Å²) in [6, 6.07) is 0.580. The third kappa shape index (κ3) is 3.92. The Labute approximate surface area is 127 Å². The molecular weight excluding hydrogens is 268 g/mol. The summed E-state index contributed by atoms with van der Waals surface area (Å²) in [4.78, 5) is 7.26. The predicted octanol–water partition coefficient (Wildman–Crippen LogP) is 3.19. The maximum absolute atomic E-state index is 4.79. The summed E-state index contributed by atoms with van der Waals surface area (Å²) in [5.74, 6) is 0.975. The van der Waals surface area contributed by atoms with Crippen LogP contribution in [0.25, 0.3) is 0 Å². The summed E-state index contributed by atoms with van der Waals surface area (Å²) < 4.78 is 4.56. The lowest BCUT2D eigenvalue weighted by Gasteiger charge is -2.35. The number of hydrogen-bond donors (Lipinski definition) is 1. The Balaban J connectivity index is 2.05. The number of rotatable bonds is 5. The van der Waals surface area contributed by atoms with E-state index >= 15 is 0 Å². The first kappa shape index (κ1) is 15.7. The molecule has 1 N–H and O–H groups in total. The summed E-state index contributed by atoms with van der Waals surface area (Å²) >= 11 is 1.56. The average Bonchev–Trinajstić information content (AvgIpc) is 2.89. The van der Waals surface area contributed by atoms with E-state index in [-0.39, 0.29) is 5.41 Å². The van der Waals surface area contributed by atoms with Gasteiger partial charge in [-0.05, 0) is 32.2 Å². The van der Waals surface area contributed by atoms with E-state index in [9.17, 15) is 0 Å². The number of nitrogens with one attached hydrogen (secondary N) is 1. The van der Waals surface area contributed by atoms with Crippen LogP contribution in [0.3, 0.4) is 0 Å². The molecule has 1 fully saturated rings. The smallest absolute Gasteiger partial charge is 0.205 e. The summed E-state index contributed by atoms with van der Waals surface area (Å²) in [6.45, 7) is 12.0. The number of aromatic nitrogens is 2. The molecule has 0 amide bonds. The zero-order chi connectivity index (χ0) is 14.6. The molecular formula is C15H28N4S. The van der Waals surface area contributed by atoms with E-state index in [2.05, 4.69) is 42.3 Å². The van der Waals surface area contributed by atoms with Crippen molar-refractivity contribution in [2.45, 2.75) is 64.8 Å². The molecule has 1 atom stereocenters. The SMILES string of the molecule is CCCNCC1CCCCN1c1nc(C(C)(C)C)ns1. The number of anilines is 1. The Bertz CT molecular complexity index is 410.